The Hall–Kier alpha value is -2.50. The molecule has 0 aliphatic rings. The van der Waals surface area contributed by atoms with Gasteiger partial charge >= 0.3 is 12.1 Å². The third-order valence-electron chi connectivity index (χ3n) is 5.44. The van der Waals surface area contributed by atoms with E-state index in [0.29, 0.717) is 18.8 Å². The maximum absolute atomic E-state index is 12.8. The van der Waals surface area contributed by atoms with Crippen LogP contribution in [-0.2, 0) is 21.6 Å². The van der Waals surface area contributed by atoms with Gasteiger partial charge in [0.05, 0.1) is 5.41 Å². The van der Waals surface area contributed by atoms with Crippen molar-refractivity contribution >= 4 is 12.1 Å². The maximum atomic E-state index is 12.8. The van der Waals surface area contributed by atoms with Crippen LogP contribution >= 0.6 is 0 Å². The molecule has 0 radical (unpaired) electrons. The average Bonchev–Trinajstić information content (AvgIpc) is 2.67. The molecule has 6 heteroatoms. The lowest BCUT2D eigenvalue weighted by atomic mass is 9.85. The smallest absolute Gasteiger partial charge is 0.415 e. The van der Waals surface area contributed by atoms with Gasteiger partial charge in [-0.3, -0.25) is 4.79 Å². The van der Waals surface area contributed by atoms with Crippen molar-refractivity contribution in [1.82, 2.24) is 9.80 Å². The van der Waals surface area contributed by atoms with Crippen LogP contribution in [0.25, 0.3) is 0 Å². The van der Waals surface area contributed by atoms with Crippen LogP contribution in [0.1, 0.15) is 73.4 Å². The van der Waals surface area contributed by atoms with Crippen molar-refractivity contribution in [1.29, 1.82) is 0 Å². The Morgan fingerprint density at radius 3 is 1.91 bits per heavy atom. The first-order valence-electron chi connectivity index (χ1n) is 11.5. The largest absolute Gasteiger partial charge is 0.460 e. The highest BCUT2D eigenvalue weighted by atomic mass is 16.6. The van der Waals surface area contributed by atoms with Crippen molar-refractivity contribution in [3.63, 3.8) is 0 Å². The lowest BCUT2D eigenvalue weighted by Gasteiger charge is -2.32. The first kappa shape index (κ1) is 28.5. The summed E-state index contributed by atoms with van der Waals surface area (Å²) in [5.74, 6) is 0.258. The van der Waals surface area contributed by atoms with E-state index in [4.69, 9.17) is 9.47 Å². The molecule has 6 nitrogen and oxygen atoms in total. The van der Waals surface area contributed by atoms with E-state index >= 15 is 0 Å². The number of carbonyl (C=O) groups excluding carboxylic acids is 2. The van der Waals surface area contributed by atoms with Gasteiger partial charge in [-0.15, -0.1) is 0 Å². The molecule has 0 saturated carbocycles. The van der Waals surface area contributed by atoms with Crippen molar-refractivity contribution in [2.75, 3.05) is 27.2 Å². The molecule has 0 aliphatic heterocycles. The first-order valence-corrected chi connectivity index (χ1v) is 11.5. The zero-order chi connectivity index (χ0) is 25.8. The summed E-state index contributed by atoms with van der Waals surface area (Å²) in [7, 11) is 3.71. The highest BCUT2D eigenvalue weighted by Crippen LogP contribution is 2.33. The molecule has 0 bridgehead atoms. The van der Waals surface area contributed by atoms with E-state index in [2.05, 4.69) is 53.0 Å². The van der Waals surface area contributed by atoms with Gasteiger partial charge in [0.15, 0.2) is 0 Å². The fraction of sp³-hybridized carbons (Fsp3) is 0.630. The normalized spacial score (nSPS) is 12.2. The summed E-state index contributed by atoms with van der Waals surface area (Å²) in [6.07, 6.45) is -0.415. The molecule has 0 saturated heterocycles. The summed E-state index contributed by atoms with van der Waals surface area (Å²) in [5.41, 5.74) is 1.91. The van der Waals surface area contributed by atoms with Crippen molar-refractivity contribution in [2.24, 2.45) is 10.8 Å². The quantitative estimate of drug-likeness (QED) is 0.467. The van der Waals surface area contributed by atoms with Crippen molar-refractivity contribution in [3.05, 3.63) is 41.6 Å². The minimum absolute atomic E-state index is 0.0294. The summed E-state index contributed by atoms with van der Waals surface area (Å²) < 4.78 is 11.2. The number of nitrogens with zero attached hydrogens (tertiary/aromatic N) is 2. The fourth-order valence-electron chi connectivity index (χ4n) is 2.98. The van der Waals surface area contributed by atoms with Crippen molar-refractivity contribution < 1.29 is 19.1 Å². The van der Waals surface area contributed by atoms with Crippen molar-refractivity contribution in [2.45, 2.75) is 74.3 Å². The summed E-state index contributed by atoms with van der Waals surface area (Å²) in [6.45, 7) is 23.5. The van der Waals surface area contributed by atoms with E-state index in [0.717, 1.165) is 16.8 Å². The molecule has 0 unspecified atom stereocenters. The van der Waals surface area contributed by atoms with Gasteiger partial charge in [0.2, 0.25) is 0 Å². The van der Waals surface area contributed by atoms with Crippen LogP contribution in [0.15, 0.2) is 30.5 Å². The SMILES string of the molecule is C=C(N(C)CCN(C)C(=O)Oc1ccc(COC(=O)C(C)(C)C)cc1C(C)(C)C)C(C)(C)C. The van der Waals surface area contributed by atoms with E-state index in [9.17, 15) is 9.59 Å². The number of amides is 1. The molecule has 0 atom stereocenters. The monoisotopic (exact) mass is 460 g/mol. The van der Waals surface area contributed by atoms with Gasteiger partial charge in [0, 0.05) is 43.9 Å². The van der Waals surface area contributed by atoms with E-state index in [1.54, 1.807) is 18.0 Å². The number of hydrogen-bond acceptors (Lipinski definition) is 5. The Balaban J connectivity index is 2.90. The van der Waals surface area contributed by atoms with Crippen LogP contribution in [0.2, 0.25) is 0 Å². The molecule has 0 N–H and O–H groups in total. The van der Waals surface area contributed by atoms with Gasteiger partial charge < -0.3 is 19.3 Å². The number of allylic oxidation sites excluding steroid dienone is 1. The highest BCUT2D eigenvalue weighted by molar-refractivity contribution is 5.75. The Bertz CT molecular complexity index is 854. The second-order valence-electron chi connectivity index (χ2n) is 11.8. The number of benzene rings is 1. The highest BCUT2D eigenvalue weighted by Gasteiger charge is 2.25. The molecule has 1 aromatic carbocycles. The van der Waals surface area contributed by atoms with E-state index in [-0.39, 0.29) is 23.4 Å². The van der Waals surface area contributed by atoms with Crippen LogP contribution in [0.3, 0.4) is 0 Å². The van der Waals surface area contributed by atoms with Crippen LogP contribution in [0.4, 0.5) is 4.79 Å². The van der Waals surface area contributed by atoms with E-state index in [1.807, 2.05) is 40.0 Å². The molecule has 1 amide bonds. The number of hydrogen-bond donors (Lipinski definition) is 0. The first-order chi connectivity index (χ1) is 14.8. The standard InChI is InChI=1S/C27H44N2O4/c1-19(25(2,3)4)28(11)15-16-29(12)24(31)33-22-14-13-20(17-21(22)26(5,6)7)18-32-23(30)27(8,9)10/h13-14,17H,1,15-16,18H2,2-12H3. The van der Waals surface area contributed by atoms with Gasteiger partial charge in [-0.05, 0) is 43.9 Å². The zero-order valence-electron chi connectivity index (χ0n) is 22.6. The predicted octanol–water partition coefficient (Wildman–Crippen LogP) is 6.00. The number of rotatable bonds is 7. The number of esters is 1. The third-order valence-corrected chi connectivity index (χ3v) is 5.44. The minimum Gasteiger partial charge on any atom is -0.460 e. The van der Waals surface area contributed by atoms with Gasteiger partial charge in [0.1, 0.15) is 12.4 Å². The topological polar surface area (TPSA) is 59.1 Å². The van der Waals surface area contributed by atoms with Gasteiger partial charge in [-0.25, -0.2) is 4.79 Å². The second-order valence-corrected chi connectivity index (χ2v) is 11.8. The molecule has 0 heterocycles. The van der Waals surface area contributed by atoms with Crippen LogP contribution < -0.4 is 4.74 Å². The number of carbonyl (C=O) groups is 2. The zero-order valence-corrected chi connectivity index (χ0v) is 22.6. The summed E-state index contributed by atoms with van der Waals surface area (Å²) in [5, 5.41) is 0. The van der Waals surface area contributed by atoms with Crippen LogP contribution in [-0.4, -0.2) is 49.0 Å². The lowest BCUT2D eigenvalue weighted by molar-refractivity contribution is -0.154. The molecule has 0 aromatic heterocycles. The fourth-order valence-corrected chi connectivity index (χ4v) is 2.98. The summed E-state index contributed by atoms with van der Waals surface area (Å²) in [6, 6.07) is 5.55. The van der Waals surface area contributed by atoms with Gasteiger partial charge in [-0.2, -0.15) is 0 Å². The van der Waals surface area contributed by atoms with E-state index < -0.39 is 11.5 Å². The Morgan fingerprint density at radius 1 is 0.879 bits per heavy atom. The molecule has 1 rings (SSSR count). The lowest BCUT2D eigenvalue weighted by Crippen LogP contribution is -2.38. The number of likely N-dealkylation sites (N-methyl/N-ethyl adjacent to an activating group) is 2. The predicted molar refractivity (Wildman–Crippen MR) is 134 cm³/mol. The second kappa shape index (κ2) is 10.6. The molecule has 0 spiro atoms. The molecule has 186 valence electrons. The van der Waals surface area contributed by atoms with Crippen LogP contribution in [0, 0.1) is 10.8 Å². The maximum Gasteiger partial charge on any atom is 0.415 e. The molecular weight excluding hydrogens is 416 g/mol. The number of ether oxygens (including phenoxy) is 2. The Morgan fingerprint density at radius 2 is 1.42 bits per heavy atom. The Labute approximate surface area is 200 Å². The molecule has 33 heavy (non-hydrogen) atoms. The minimum atomic E-state index is -0.555. The molecule has 1 aromatic rings. The molecule has 0 fully saturated rings. The van der Waals surface area contributed by atoms with Crippen molar-refractivity contribution in [3.8, 4) is 5.75 Å². The van der Waals surface area contributed by atoms with Gasteiger partial charge in [-0.1, -0.05) is 54.2 Å². The Kier molecular flexibility index (Phi) is 9.18. The molecular formula is C27H44N2O4. The average molecular weight is 461 g/mol. The molecule has 0 aliphatic carbocycles. The van der Waals surface area contributed by atoms with Crippen LogP contribution in [0.5, 0.6) is 5.75 Å². The summed E-state index contributed by atoms with van der Waals surface area (Å²) in [4.78, 5) is 28.5. The summed E-state index contributed by atoms with van der Waals surface area (Å²) >= 11 is 0. The van der Waals surface area contributed by atoms with E-state index in [1.165, 1.54) is 0 Å². The van der Waals surface area contributed by atoms with Gasteiger partial charge in [0.25, 0.3) is 0 Å². The third kappa shape index (κ3) is 8.75.